The minimum absolute atomic E-state index is 0.111. The number of likely N-dealkylation sites (tertiary alicyclic amines) is 1. The van der Waals surface area contributed by atoms with Crippen molar-refractivity contribution < 1.29 is 4.79 Å². The van der Waals surface area contributed by atoms with Crippen LogP contribution in [0.3, 0.4) is 0 Å². The molecule has 2 aromatic carbocycles. The molecule has 0 radical (unpaired) electrons. The van der Waals surface area contributed by atoms with Gasteiger partial charge in [-0.3, -0.25) is 9.69 Å². The third-order valence-corrected chi connectivity index (χ3v) is 5.98. The Hall–Kier alpha value is -2.17. The number of nitrogens with two attached hydrogens (primary N) is 1. The summed E-state index contributed by atoms with van der Waals surface area (Å²) in [6, 6.07) is 19.1. The first-order valence-electron chi connectivity index (χ1n) is 10.4. The first-order chi connectivity index (χ1) is 13.5. The number of carbonyl (C=O) groups is 1. The summed E-state index contributed by atoms with van der Waals surface area (Å²) in [4.78, 5) is 17.4. The molecule has 1 amide bonds. The lowest BCUT2D eigenvalue weighted by atomic mass is 9.89. The molecular weight excluding hydrogens is 346 g/mol. The highest BCUT2D eigenvalue weighted by Crippen LogP contribution is 2.32. The Bertz CT molecular complexity index is 757. The zero-order chi connectivity index (χ0) is 20.1. The summed E-state index contributed by atoms with van der Waals surface area (Å²) in [6.07, 6.45) is 0. The van der Waals surface area contributed by atoms with E-state index in [4.69, 9.17) is 5.73 Å². The van der Waals surface area contributed by atoms with Gasteiger partial charge < -0.3 is 10.6 Å². The number of rotatable bonds is 7. The Balaban J connectivity index is 1.68. The van der Waals surface area contributed by atoms with Crippen LogP contribution in [0.25, 0.3) is 0 Å². The number of benzene rings is 2. The highest BCUT2D eigenvalue weighted by molar-refractivity contribution is 5.94. The molecule has 1 saturated heterocycles. The average Bonchev–Trinajstić information content (AvgIpc) is 3.17. The van der Waals surface area contributed by atoms with Gasteiger partial charge in [0.15, 0.2) is 0 Å². The van der Waals surface area contributed by atoms with Gasteiger partial charge in [0.05, 0.1) is 0 Å². The molecule has 0 aromatic heterocycles. The van der Waals surface area contributed by atoms with E-state index in [0.717, 1.165) is 31.7 Å². The van der Waals surface area contributed by atoms with E-state index in [-0.39, 0.29) is 5.91 Å². The molecule has 4 heteroatoms. The molecule has 1 heterocycles. The van der Waals surface area contributed by atoms with Crippen LogP contribution >= 0.6 is 0 Å². The van der Waals surface area contributed by atoms with E-state index >= 15 is 0 Å². The maximum atomic E-state index is 13.1. The number of amides is 1. The van der Waals surface area contributed by atoms with Gasteiger partial charge in [-0.05, 0) is 56.1 Å². The normalized spacial score (nSPS) is 19.6. The van der Waals surface area contributed by atoms with E-state index < -0.39 is 0 Å². The van der Waals surface area contributed by atoms with Crippen molar-refractivity contribution >= 4 is 5.91 Å². The van der Waals surface area contributed by atoms with Gasteiger partial charge in [-0.15, -0.1) is 0 Å². The third kappa shape index (κ3) is 4.62. The van der Waals surface area contributed by atoms with Crippen LogP contribution in [0.2, 0.25) is 0 Å². The van der Waals surface area contributed by atoms with E-state index in [9.17, 15) is 4.79 Å². The van der Waals surface area contributed by atoms with Crippen molar-refractivity contribution in [3.05, 3.63) is 71.3 Å². The Morgan fingerprint density at radius 2 is 1.79 bits per heavy atom. The van der Waals surface area contributed by atoms with Crippen molar-refractivity contribution in [3.63, 3.8) is 0 Å². The van der Waals surface area contributed by atoms with Crippen LogP contribution in [0.1, 0.15) is 48.2 Å². The van der Waals surface area contributed by atoms with Crippen LogP contribution in [0.5, 0.6) is 0 Å². The molecule has 1 aliphatic heterocycles. The molecule has 2 N–H and O–H groups in total. The van der Waals surface area contributed by atoms with Crippen molar-refractivity contribution in [1.82, 2.24) is 9.80 Å². The van der Waals surface area contributed by atoms with Crippen molar-refractivity contribution in [2.75, 3.05) is 26.2 Å². The first-order valence-corrected chi connectivity index (χ1v) is 10.4. The quantitative estimate of drug-likeness (QED) is 0.797. The van der Waals surface area contributed by atoms with Gasteiger partial charge in [-0.2, -0.15) is 0 Å². The summed E-state index contributed by atoms with van der Waals surface area (Å²) in [5, 5.41) is 0. The highest BCUT2D eigenvalue weighted by Gasteiger charge is 2.35. The predicted molar refractivity (Wildman–Crippen MR) is 115 cm³/mol. The minimum Gasteiger partial charge on any atom is -0.338 e. The summed E-state index contributed by atoms with van der Waals surface area (Å²) in [6.45, 7) is 10.6. The number of hydrogen-bond acceptors (Lipinski definition) is 3. The molecule has 150 valence electrons. The fraction of sp³-hybridized carbons (Fsp3) is 0.458. The molecular formula is C24H33N3O. The number of carbonyl (C=O) groups excluding carboxylic acids is 1. The summed E-state index contributed by atoms with van der Waals surface area (Å²) in [5.41, 5.74) is 9.31. The van der Waals surface area contributed by atoms with Crippen LogP contribution in [0, 0.1) is 5.92 Å². The van der Waals surface area contributed by atoms with Crippen molar-refractivity contribution in [2.45, 2.75) is 39.3 Å². The Kier molecular flexibility index (Phi) is 6.87. The predicted octanol–water partition coefficient (Wildman–Crippen LogP) is 3.73. The highest BCUT2D eigenvalue weighted by atomic mass is 16.2. The molecule has 4 nitrogen and oxygen atoms in total. The third-order valence-electron chi connectivity index (χ3n) is 5.98. The zero-order valence-corrected chi connectivity index (χ0v) is 17.3. The van der Waals surface area contributed by atoms with E-state index in [0.29, 0.717) is 24.4 Å². The smallest absolute Gasteiger partial charge is 0.253 e. The largest absolute Gasteiger partial charge is 0.338 e. The van der Waals surface area contributed by atoms with Crippen LogP contribution in [-0.2, 0) is 6.54 Å². The summed E-state index contributed by atoms with van der Waals surface area (Å²) < 4.78 is 0. The summed E-state index contributed by atoms with van der Waals surface area (Å²) in [7, 11) is 0. The summed E-state index contributed by atoms with van der Waals surface area (Å²) in [5.74, 6) is 0.744. The molecule has 1 fully saturated rings. The lowest BCUT2D eigenvalue weighted by molar-refractivity contribution is 0.0786. The molecule has 0 saturated carbocycles. The summed E-state index contributed by atoms with van der Waals surface area (Å²) >= 11 is 0. The fourth-order valence-corrected chi connectivity index (χ4v) is 4.18. The molecule has 0 bridgehead atoms. The van der Waals surface area contributed by atoms with Crippen LogP contribution in [-0.4, -0.2) is 47.9 Å². The molecule has 0 spiro atoms. The van der Waals surface area contributed by atoms with E-state index in [1.807, 2.05) is 23.1 Å². The molecule has 0 aliphatic carbocycles. The van der Waals surface area contributed by atoms with E-state index in [1.165, 1.54) is 11.1 Å². The van der Waals surface area contributed by atoms with E-state index in [1.54, 1.807) is 0 Å². The van der Waals surface area contributed by atoms with Crippen LogP contribution in [0.15, 0.2) is 54.6 Å². The average molecular weight is 380 g/mol. The second kappa shape index (κ2) is 9.35. The Morgan fingerprint density at radius 1 is 1.11 bits per heavy atom. The fourth-order valence-electron chi connectivity index (χ4n) is 4.18. The Morgan fingerprint density at radius 3 is 2.36 bits per heavy atom. The molecule has 28 heavy (non-hydrogen) atoms. The zero-order valence-electron chi connectivity index (χ0n) is 17.3. The SMILES string of the molecule is CCN(Cc1ccc(C(=O)N2C[C@@H](CN)[C@H](c3ccccc3)C2)cc1)C(C)C. The topological polar surface area (TPSA) is 49.6 Å². The monoisotopic (exact) mass is 379 g/mol. The minimum atomic E-state index is 0.111. The van der Waals surface area contributed by atoms with Crippen molar-refractivity contribution in [3.8, 4) is 0 Å². The second-order valence-electron chi connectivity index (χ2n) is 8.08. The Labute approximate surface area is 169 Å². The maximum Gasteiger partial charge on any atom is 0.253 e. The second-order valence-corrected chi connectivity index (χ2v) is 8.08. The van der Waals surface area contributed by atoms with E-state index in [2.05, 4.69) is 62.1 Å². The number of hydrogen-bond donors (Lipinski definition) is 1. The molecule has 3 rings (SSSR count). The molecule has 1 aliphatic rings. The van der Waals surface area contributed by atoms with Crippen molar-refractivity contribution in [1.29, 1.82) is 0 Å². The molecule has 0 unspecified atom stereocenters. The van der Waals surface area contributed by atoms with Crippen molar-refractivity contribution in [2.24, 2.45) is 11.7 Å². The van der Waals surface area contributed by atoms with Gasteiger partial charge in [-0.25, -0.2) is 0 Å². The lowest BCUT2D eigenvalue weighted by Gasteiger charge is -2.25. The van der Waals surface area contributed by atoms with Gasteiger partial charge in [0.25, 0.3) is 5.91 Å². The standard InChI is InChI=1S/C24H33N3O/c1-4-26(18(2)3)15-19-10-12-21(13-11-19)24(28)27-16-22(14-25)23(17-27)20-8-6-5-7-9-20/h5-13,18,22-23H,4,14-17,25H2,1-3H3/t22-,23+/m1/s1. The van der Waals surface area contributed by atoms with Gasteiger partial charge in [0, 0.05) is 37.2 Å². The van der Waals surface area contributed by atoms with Gasteiger partial charge >= 0.3 is 0 Å². The lowest BCUT2D eigenvalue weighted by Crippen LogP contribution is -2.30. The molecule has 2 atom stereocenters. The first kappa shape index (κ1) is 20.6. The molecule has 2 aromatic rings. The van der Waals surface area contributed by atoms with Gasteiger partial charge in [0.2, 0.25) is 0 Å². The van der Waals surface area contributed by atoms with Crippen LogP contribution < -0.4 is 5.73 Å². The van der Waals surface area contributed by atoms with Gasteiger partial charge in [-0.1, -0.05) is 49.4 Å². The van der Waals surface area contributed by atoms with Gasteiger partial charge in [0.1, 0.15) is 0 Å². The maximum absolute atomic E-state index is 13.1. The number of nitrogens with zero attached hydrogens (tertiary/aromatic N) is 2. The van der Waals surface area contributed by atoms with Crippen LogP contribution in [0.4, 0.5) is 0 Å².